The van der Waals surface area contributed by atoms with Gasteiger partial charge in [-0.25, -0.2) is 13.2 Å². The molecule has 0 N–H and O–H groups in total. The summed E-state index contributed by atoms with van der Waals surface area (Å²) in [5.74, 6) is 0.287. The summed E-state index contributed by atoms with van der Waals surface area (Å²) in [5, 5.41) is 3.76. The number of hydrogen-bond donors (Lipinski definition) is 0. The van der Waals surface area contributed by atoms with Crippen LogP contribution < -0.4 is 0 Å². The number of rotatable bonds is 5. The summed E-state index contributed by atoms with van der Waals surface area (Å²) < 4.78 is 32.7. The fourth-order valence-corrected chi connectivity index (χ4v) is 2.24. The van der Waals surface area contributed by atoms with Crippen molar-refractivity contribution < 1.29 is 22.5 Å². The summed E-state index contributed by atoms with van der Waals surface area (Å²) in [4.78, 5) is 16.1. The first-order valence-electron chi connectivity index (χ1n) is 6.57. The van der Waals surface area contributed by atoms with E-state index in [1.165, 1.54) is 24.3 Å². The molecule has 0 aliphatic heterocycles. The lowest BCUT2D eigenvalue weighted by Crippen LogP contribution is -2.06. The molecular formula is C14H16N2O5S. The van der Waals surface area contributed by atoms with Crippen LogP contribution in [0.1, 0.15) is 41.8 Å². The molecule has 22 heavy (non-hydrogen) atoms. The Kier molecular flexibility index (Phi) is 4.60. The van der Waals surface area contributed by atoms with Gasteiger partial charge in [-0.3, -0.25) is 0 Å². The highest BCUT2D eigenvalue weighted by atomic mass is 32.2. The van der Waals surface area contributed by atoms with Crippen LogP contribution >= 0.6 is 0 Å². The van der Waals surface area contributed by atoms with Gasteiger partial charge in [0.25, 0.3) is 5.89 Å². The maximum atomic E-state index is 11.9. The van der Waals surface area contributed by atoms with Crippen LogP contribution in [0, 0.1) is 0 Å². The SMILES string of the molecule is CC(C)c1noc(COC(=O)c2ccc(S(C)(=O)=O)cc2)n1. The second-order valence-corrected chi connectivity index (χ2v) is 7.09. The van der Waals surface area contributed by atoms with Crippen LogP contribution in [0.4, 0.5) is 0 Å². The van der Waals surface area contributed by atoms with Gasteiger partial charge in [-0.1, -0.05) is 19.0 Å². The fraction of sp³-hybridized carbons (Fsp3) is 0.357. The van der Waals surface area contributed by atoms with E-state index >= 15 is 0 Å². The Balaban J connectivity index is 2.00. The largest absolute Gasteiger partial charge is 0.452 e. The Morgan fingerprint density at radius 3 is 2.41 bits per heavy atom. The average Bonchev–Trinajstić information content (AvgIpc) is 2.93. The number of aromatic nitrogens is 2. The van der Waals surface area contributed by atoms with Gasteiger partial charge in [-0.15, -0.1) is 0 Å². The molecule has 0 spiro atoms. The lowest BCUT2D eigenvalue weighted by atomic mass is 10.2. The van der Waals surface area contributed by atoms with Gasteiger partial charge in [0.2, 0.25) is 0 Å². The van der Waals surface area contributed by atoms with Crippen LogP contribution in [0.5, 0.6) is 0 Å². The van der Waals surface area contributed by atoms with Crippen molar-refractivity contribution in [3.8, 4) is 0 Å². The van der Waals surface area contributed by atoms with Gasteiger partial charge >= 0.3 is 5.97 Å². The highest BCUT2D eigenvalue weighted by Gasteiger charge is 2.14. The molecule has 0 unspecified atom stereocenters. The summed E-state index contributed by atoms with van der Waals surface area (Å²) in [5.41, 5.74) is 0.246. The Bertz CT molecular complexity index is 763. The molecule has 118 valence electrons. The van der Waals surface area contributed by atoms with Crippen molar-refractivity contribution in [1.82, 2.24) is 10.1 Å². The molecule has 0 atom stereocenters. The number of carbonyl (C=O) groups is 1. The second kappa shape index (κ2) is 6.27. The van der Waals surface area contributed by atoms with E-state index in [1.807, 2.05) is 13.8 Å². The molecule has 0 saturated carbocycles. The molecule has 1 aromatic heterocycles. The first kappa shape index (κ1) is 16.2. The normalized spacial score (nSPS) is 11.6. The van der Waals surface area contributed by atoms with Crippen LogP contribution in [-0.2, 0) is 21.2 Å². The van der Waals surface area contributed by atoms with Gasteiger partial charge in [-0.2, -0.15) is 4.98 Å². The first-order valence-corrected chi connectivity index (χ1v) is 8.46. The number of benzene rings is 1. The molecule has 0 fully saturated rings. The van der Waals surface area contributed by atoms with Gasteiger partial charge in [0, 0.05) is 12.2 Å². The zero-order valence-corrected chi connectivity index (χ0v) is 13.3. The van der Waals surface area contributed by atoms with Crippen LogP contribution in [0.25, 0.3) is 0 Å². The average molecular weight is 324 g/mol. The lowest BCUT2D eigenvalue weighted by Gasteiger charge is -2.03. The maximum absolute atomic E-state index is 11.9. The summed E-state index contributed by atoms with van der Waals surface area (Å²) in [6, 6.07) is 5.50. The molecule has 0 radical (unpaired) electrons. The lowest BCUT2D eigenvalue weighted by molar-refractivity contribution is 0.0429. The summed E-state index contributed by atoms with van der Waals surface area (Å²) in [6.45, 7) is 3.71. The maximum Gasteiger partial charge on any atom is 0.338 e. The van der Waals surface area contributed by atoms with Crippen molar-refractivity contribution in [2.75, 3.05) is 6.26 Å². The number of ether oxygens (including phenoxy) is 1. The Labute approximate surface area is 128 Å². The smallest absolute Gasteiger partial charge is 0.338 e. The van der Waals surface area contributed by atoms with E-state index in [9.17, 15) is 13.2 Å². The predicted molar refractivity (Wildman–Crippen MR) is 77.1 cm³/mol. The molecule has 1 heterocycles. The van der Waals surface area contributed by atoms with E-state index in [1.54, 1.807) is 0 Å². The number of sulfone groups is 1. The molecule has 0 aliphatic carbocycles. The molecule has 2 rings (SSSR count). The summed E-state index contributed by atoms with van der Waals surface area (Å²) in [6.07, 6.45) is 1.10. The van der Waals surface area contributed by atoms with Gasteiger partial charge in [0.05, 0.1) is 10.5 Å². The molecule has 0 saturated heterocycles. The van der Waals surface area contributed by atoms with Crippen LogP contribution in [0.15, 0.2) is 33.7 Å². The Hall–Kier alpha value is -2.22. The third kappa shape index (κ3) is 3.91. The zero-order valence-electron chi connectivity index (χ0n) is 12.4. The number of carbonyl (C=O) groups excluding carboxylic acids is 1. The van der Waals surface area contributed by atoms with E-state index in [0.29, 0.717) is 5.82 Å². The van der Waals surface area contributed by atoms with Crippen molar-refractivity contribution in [3.05, 3.63) is 41.5 Å². The molecule has 8 heteroatoms. The van der Waals surface area contributed by atoms with Crippen molar-refractivity contribution in [1.29, 1.82) is 0 Å². The second-order valence-electron chi connectivity index (χ2n) is 5.07. The summed E-state index contributed by atoms with van der Waals surface area (Å²) in [7, 11) is -3.29. The topological polar surface area (TPSA) is 99.4 Å². The van der Waals surface area contributed by atoms with Gasteiger partial charge in [0.15, 0.2) is 22.3 Å². The fourth-order valence-electron chi connectivity index (χ4n) is 1.61. The van der Waals surface area contributed by atoms with E-state index in [4.69, 9.17) is 9.26 Å². The van der Waals surface area contributed by atoms with Crippen LogP contribution in [0.3, 0.4) is 0 Å². The molecule has 1 aromatic carbocycles. The number of hydrogen-bond acceptors (Lipinski definition) is 7. The molecule has 0 aliphatic rings. The Morgan fingerprint density at radius 1 is 1.27 bits per heavy atom. The third-order valence-electron chi connectivity index (χ3n) is 2.85. The molecular weight excluding hydrogens is 308 g/mol. The van der Waals surface area contributed by atoms with E-state index in [2.05, 4.69) is 10.1 Å². The first-order chi connectivity index (χ1) is 10.3. The molecule has 2 aromatic rings. The van der Waals surface area contributed by atoms with Crippen LogP contribution in [-0.4, -0.2) is 30.8 Å². The monoisotopic (exact) mass is 324 g/mol. The van der Waals surface area contributed by atoms with Gasteiger partial charge < -0.3 is 9.26 Å². The van der Waals surface area contributed by atoms with E-state index in [0.717, 1.165) is 6.26 Å². The van der Waals surface area contributed by atoms with E-state index in [-0.39, 0.29) is 28.9 Å². The minimum atomic E-state index is -3.29. The predicted octanol–water partition coefficient (Wildman–Crippen LogP) is 1.95. The molecule has 0 bridgehead atoms. The van der Waals surface area contributed by atoms with Crippen molar-refractivity contribution in [2.45, 2.75) is 31.3 Å². The summed E-state index contributed by atoms with van der Waals surface area (Å²) >= 11 is 0. The minimum Gasteiger partial charge on any atom is -0.452 e. The van der Waals surface area contributed by atoms with E-state index < -0.39 is 15.8 Å². The quantitative estimate of drug-likeness (QED) is 0.775. The molecule has 0 amide bonds. The van der Waals surface area contributed by atoms with Gasteiger partial charge in [0.1, 0.15) is 0 Å². The van der Waals surface area contributed by atoms with Crippen LogP contribution in [0.2, 0.25) is 0 Å². The minimum absolute atomic E-state index is 0.122. The number of nitrogens with zero attached hydrogens (tertiary/aromatic N) is 2. The highest BCUT2D eigenvalue weighted by Crippen LogP contribution is 2.13. The Morgan fingerprint density at radius 2 is 1.91 bits per heavy atom. The van der Waals surface area contributed by atoms with Crippen molar-refractivity contribution in [2.24, 2.45) is 0 Å². The highest BCUT2D eigenvalue weighted by molar-refractivity contribution is 7.90. The third-order valence-corrected chi connectivity index (χ3v) is 3.97. The molecule has 7 nitrogen and oxygen atoms in total. The van der Waals surface area contributed by atoms with Crippen molar-refractivity contribution in [3.63, 3.8) is 0 Å². The number of esters is 1. The zero-order chi connectivity index (χ0) is 16.3. The standard InChI is InChI=1S/C14H16N2O5S/c1-9(2)13-15-12(21-16-13)8-20-14(17)10-4-6-11(7-5-10)22(3,18)19/h4-7,9H,8H2,1-3H3. The van der Waals surface area contributed by atoms with Gasteiger partial charge in [-0.05, 0) is 24.3 Å². The van der Waals surface area contributed by atoms with Crippen molar-refractivity contribution >= 4 is 15.8 Å².